The van der Waals surface area contributed by atoms with Crippen molar-refractivity contribution in [3.63, 3.8) is 0 Å². The third kappa shape index (κ3) is 2.77. The summed E-state index contributed by atoms with van der Waals surface area (Å²) in [7, 11) is 3.46. The maximum Gasteiger partial charge on any atom is 0.132 e. The van der Waals surface area contributed by atoms with Crippen LogP contribution < -0.4 is 15.2 Å². The lowest BCUT2D eigenvalue weighted by Crippen LogP contribution is -2.37. The van der Waals surface area contributed by atoms with E-state index in [4.69, 9.17) is 15.2 Å². The molecule has 2 N–H and O–H groups in total. The van der Waals surface area contributed by atoms with Gasteiger partial charge in [-0.2, -0.15) is 0 Å². The average Bonchev–Trinajstić information content (AvgIpc) is 2.54. The van der Waals surface area contributed by atoms with E-state index in [9.17, 15) is 0 Å². The first kappa shape index (κ1) is 15.5. The van der Waals surface area contributed by atoms with E-state index < -0.39 is 0 Å². The summed E-state index contributed by atoms with van der Waals surface area (Å²) in [4.78, 5) is 1.11. The fraction of sp³-hybridized carbons (Fsp3) is 0.625. The minimum Gasteiger partial charge on any atom is -0.496 e. The van der Waals surface area contributed by atoms with Crippen molar-refractivity contribution in [2.45, 2.75) is 42.4 Å². The topological polar surface area (TPSA) is 44.5 Å². The predicted octanol–water partition coefficient (Wildman–Crippen LogP) is 3.59. The van der Waals surface area contributed by atoms with Gasteiger partial charge in [0, 0.05) is 17.5 Å². The van der Waals surface area contributed by atoms with Gasteiger partial charge in [-0.05, 0) is 31.2 Å². The van der Waals surface area contributed by atoms with E-state index in [0.717, 1.165) is 29.2 Å². The minimum atomic E-state index is 0.0494. The Labute approximate surface area is 126 Å². The molecular weight excluding hydrogens is 270 g/mol. The van der Waals surface area contributed by atoms with Gasteiger partial charge in [-0.15, -0.1) is 11.8 Å². The zero-order chi connectivity index (χ0) is 14.6. The molecule has 112 valence electrons. The van der Waals surface area contributed by atoms with Crippen molar-refractivity contribution in [3.05, 3.63) is 17.7 Å². The molecule has 20 heavy (non-hydrogen) atoms. The molecule has 4 heteroatoms. The predicted molar refractivity (Wildman–Crippen MR) is 85.1 cm³/mol. The fourth-order valence-corrected chi connectivity index (χ4v) is 3.82. The van der Waals surface area contributed by atoms with Crippen LogP contribution in [0.2, 0.25) is 0 Å². The van der Waals surface area contributed by atoms with Gasteiger partial charge in [-0.1, -0.05) is 19.3 Å². The Kier molecular flexibility index (Phi) is 5.22. The summed E-state index contributed by atoms with van der Waals surface area (Å²) < 4.78 is 11.2. The van der Waals surface area contributed by atoms with E-state index in [1.165, 1.54) is 24.8 Å². The van der Waals surface area contributed by atoms with Crippen LogP contribution in [0.25, 0.3) is 0 Å². The quantitative estimate of drug-likeness (QED) is 0.843. The number of thioether (sulfide) groups is 1. The zero-order valence-corrected chi connectivity index (χ0v) is 13.5. The Balaban J connectivity index is 2.52. The summed E-state index contributed by atoms with van der Waals surface area (Å²) in [6.07, 6.45) is 8.13. The minimum absolute atomic E-state index is 0.0494. The fourth-order valence-electron chi connectivity index (χ4n) is 3.26. The van der Waals surface area contributed by atoms with Crippen molar-refractivity contribution in [2.75, 3.05) is 27.0 Å². The summed E-state index contributed by atoms with van der Waals surface area (Å²) in [5.74, 6) is 1.87. The molecule has 0 unspecified atom stereocenters. The van der Waals surface area contributed by atoms with Gasteiger partial charge < -0.3 is 15.2 Å². The molecule has 1 aliphatic rings. The van der Waals surface area contributed by atoms with Crippen molar-refractivity contribution in [1.82, 2.24) is 0 Å². The van der Waals surface area contributed by atoms with Crippen molar-refractivity contribution >= 4 is 11.8 Å². The van der Waals surface area contributed by atoms with Crippen LogP contribution in [0.5, 0.6) is 11.5 Å². The van der Waals surface area contributed by atoms with Crippen molar-refractivity contribution in [3.8, 4) is 11.5 Å². The highest BCUT2D eigenvalue weighted by Crippen LogP contribution is 2.46. The van der Waals surface area contributed by atoms with Crippen LogP contribution in [0.15, 0.2) is 17.0 Å². The molecule has 3 nitrogen and oxygen atoms in total. The summed E-state index contributed by atoms with van der Waals surface area (Å²) in [5, 5.41) is 0. The van der Waals surface area contributed by atoms with Gasteiger partial charge in [0.15, 0.2) is 0 Å². The number of ether oxygens (including phenoxy) is 2. The van der Waals surface area contributed by atoms with E-state index >= 15 is 0 Å². The lowest BCUT2D eigenvalue weighted by molar-refractivity contribution is 0.285. The van der Waals surface area contributed by atoms with Crippen LogP contribution in [0, 0.1) is 0 Å². The van der Waals surface area contributed by atoms with Crippen LogP contribution in [0.4, 0.5) is 0 Å². The summed E-state index contributed by atoms with van der Waals surface area (Å²) in [6, 6.07) is 4.23. The zero-order valence-electron chi connectivity index (χ0n) is 12.7. The van der Waals surface area contributed by atoms with Crippen molar-refractivity contribution in [2.24, 2.45) is 5.73 Å². The van der Waals surface area contributed by atoms with Crippen LogP contribution in [-0.4, -0.2) is 27.0 Å². The van der Waals surface area contributed by atoms with Gasteiger partial charge in [-0.25, -0.2) is 0 Å². The van der Waals surface area contributed by atoms with Gasteiger partial charge in [0.25, 0.3) is 0 Å². The van der Waals surface area contributed by atoms with Crippen LogP contribution in [0.1, 0.15) is 37.7 Å². The highest BCUT2D eigenvalue weighted by Gasteiger charge is 2.35. The Hall–Kier alpha value is -0.870. The first-order chi connectivity index (χ1) is 9.70. The number of methoxy groups -OCH3 is 2. The maximum absolute atomic E-state index is 6.15. The van der Waals surface area contributed by atoms with Crippen molar-refractivity contribution in [1.29, 1.82) is 0 Å². The lowest BCUT2D eigenvalue weighted by Gasteiger charge is -2.38. The number of hydrogen-bond acceptors (Lipinski definition) is 4. The van der Waals surface area contributed by atoms with Gasteiger partial charge in [0.2, 0.25) is 0 Å². The Morgan fingerprint density at radius 1 is 1.10 bits per heavy atom. The highest BCUT2D eigenvalue weighted by atomic mass is 32.2. The van der Waals surface area contributed by atoms with Gasteiger partial charge in [0.05, 0.1) is 19.1 Å². The van der Waals surface area contributed by atoms with Crippen LogP contribution in [-0.2, 0) is 5.41 Å². The standard InChI is InChI=1S/C16H25NO2S/c1-18-13-10-15(20-3)14(19-2)9-12(13)16(11-17)7-5-4-6-8-16/h9-10H,4-8,11,17H2,1-3H3. The van der Waals surface area contributed by atoms with Gasteiger partial charge in [-0.3, -0.25) is 0 Å². The molecule has 0 aromatic heterocycles. The number of benzene rings is 1. The molecule has 0 radical (unpaired) electrons. The molecule has 0 heterocycles. The lowest BCUT2D eigenvalue weighted by atomic mass is 9.69. The Morgan fingerprint density at radius 3 is 2.25 bits per heavy atom. The number of rotatable bonds is 5. The highest BCUT2D eigenvalue weighted by molar-refractivity contribution is 7.98. The second-order valence-corrected chi connectivity index (χ2v) is 6.30. The molecular formula is C16H25NO2S. The van der Waals surface area contributed by atoms with Crippen molar-refractivity contribution < 1.29 is 9.47 Å². The van der Waals surface area contributed by atoms with Gasteiger partial charge >= 0.3 is 0 Å². The SMILES string of the molecule is COc1cc(C2(CN)CCCCC2)c(OC)cc1SC. The first-order valence-electron chi connectivity index (χ1n) is 7.21. The summed E-state index contributed by atoms with van der Waals surface area (Å²) in [5.41, 5.74) is 7.42. The second kappa shape index (κ2) is 6.72. The molecule has 2 rings (SSSR count). The maximum atomic E-state index is 6.15. The molecule has 0 bridgehead atoms. The molecule has 1 aromatic rings. The molecule has 1 fully saturated rings. The molecule has 0 atom stereocenters. The first-order valence-corrected chi connectivity index (χ1v) is 8.44. The molecule has 0 saturated heterocycles. The third-order valence-electron chi connectivity index (χ3n) is 4.48. The smallest absolute Gasteiger partial charge is 0.132 e. The van der Waals surface area contributed by atoms with E-state index in [1.807, 2.05) is 0 Å². The third-order valence-corrected chi connectivity index (χ3v) is 5.24. The average molecular weight is 295 g/mol. The van der Waals surface area contributed by atoms with Crippen LogP contribution in [0.3, 0.4) is 0 Å². The molecule has 0 spiro atoms. The largest absolute Gasteiger partial charge is 0.496 e. The second-order valence-electron chi connectivity index (χ2n) is 5.45. The summed E-state index contributed by atoms with van der Waals surface area (Å²) >= 11 is 1.68. The Bertz CT molecular complexity index is 456. The number of hydrogen-bond donors (Lipinski definition) is 1. The molecule has 1 aliphatic carbocycles. The molecule has 0 amide bonds. The molecule has 0 aliphatic heterocycles. The van der Waals surface area contributed by atoms with Gasteiger partial charge in [0.1, 0.15) is 11.5 Å². The number of nitrogens with two attached hydrogens (primary N) is 1. The molecule has 1 saturated carbocycles. The molecule has 1 aromatic carbocycles. The Morgan fingerprint density at radius 2 is 1.75 bits per heavy atom. The normalized spacial score (nSPS) is 17.8. The van der Waals surface area contributed by atoms with E-state index in [0.29, 0.717) is 6.54 Å². The van der Waals surface area contributed by atoms with E-state index in [1.54, 1.807) is 26.0 Å². The monoisotopic (exact) mass is 295 g/mol. The van der Waals surface area contributed by atoms with E-state index in [2.05, 4.69) is 18.4 Å². The van der Waals surface area contributed by atoms with E-state index in [-0.39, 0.29) is 5.41 Å². The summed E-state index contributed by atoms with van der Waals surface area (Å²) in [6.45, 7) is 0.672. The van der Waals surface area contributed by atoms with Crippen LogP contribution >= 0.6 is 11.8 Å².